The van der Waals surface area contributed by atoms with E-state index in [-0.39, 0.29) is 0 Å². The Labute approximate surface area is 113 Å². The van der Waals surface area contributed by atoms with E-state index in [9.17, 15) is 0 Å². The lowest BCUT2D eigenvalue weighted by Crippen LogP contribution is -2.28. The lowest BCUT2D eigenvalue weighted by molar-refractivity contribution is 0.373. The van der Waals surface area contributed by atoms with Gasteiger partial charge in [0, 0.05) is 21.6 Å². The fourth-order valence-corrected chi connectivity index (χ4v) is 3.15. The Kier molecular flexibility index (Phi) is 3.31. The third-order valence-corrected chi connectivity index (χ3v) is 4.24. The molecule has 2 aromatic rings. The van der Waals surface area contributed by atoms with Crippen LogP contribution in [-0.4, -0.2) is 18.1 Å². The number of nitrogens with one attached hydrogen (secondary N) is 2. The summed E-state index contributed by atoms with van der Waals surface area (Å²) in [5.74, 6) is 0.775. The molecule has 1 aliphatic rings. The maximum absolute atomic E-state index is 6.40. The summed E-state index contributed by atoms with van der Waals surface area (Å²) in [6.45, 7) is 4.37. The second-order valence-corrected chi connectivity index (χ2v) is 5.79. The quantitative estimate of drug-likeness (QED) is 0.849. The van der Waals surface area contributed by atoms with Crippen LogP contribution < -0.4 is 5.32 Å². The number of aryl methyl sites for hydroxylation is 1. The van der Waals surface area contributed by atoms with Crippen LogP contribution in [0.25, 0.3) is 10.9 Å². The minimum atomic E-state index is 0.775. The molecule has 0 unspecified atom stereocenters. The first-order valence-electron chi connectivity index (χ1n) is 6.71. The number of fused-ring (bicyclic) bond motifs is 1. The third-order valence-electron chi connectivity index (χ3n) is 3.89. The van der Waals surface area contributed by atoms with Gasteiger partial charge in [-0.05, 0) is 69.0 Å². The number of H-pyrrole nitrogens is 1. The fourth-order valence-electron chi connectivity index (χ4n) is 2.90. The van der Waals surface area contributed by atoms with Gasteiger partial charge < -0.3 is 10.3 Å². The van der Waals surface area contributed by atoms with Crippen molar-refractivity contribution in [1.82, 2.24) is 10.3 Å². The van der Waals surface area contributed by atoms with Crippen LogP contribution in [0.3, 0.4) is 0 Å². The molecule has 96 valence electrons. The van der Waals surface area contributed by atoms with Crippen LogP contribution in [0, 0.1) is 12.8 Å². The van der Waals surface area contributed by atoms with Gasteiger partial charge in [0.1, 0.15) is 0 Å². The second kappa shape index (κ2) is 4.94. The summed E-state index contributed by atoms with van der Waals surface area (Å²) in [4.78, 5) is 3.39. The fraction of sp³-hybridized carbons (Fsp3) is 0.467. The Hall–Kier alpha value is -0.990. The van der Waals surface area contributed by atoms with E-state index >= 15 is 0 Å². The molecule has 1 aromatic carbocycles. The summed E-state index contributed by atoms with van der Waals surface area (Å²) in [7, 11) is 0. The number of halogens is 1. The predicted octanol–water partition coefficient (Wildman–Crippen LogP) is 3.67. The molecule has 1 aromatic heterocycles. The van der Waals surface area contributed by atoms with Gasteiger partial charge >= 0.3 is 0 Å². The zero-order valence-electron chi connectivity index (χ0n) is 10.7. The molecule has 1 saturated heterocycles. The average molecular weight is 263 g/mol. The van der Waals surface area contributed by atoms with Crippen LogP contribution in [0.15, 0.2) is 18.2 Å². The molecule has 0 atom stereocenters. The van der Waals surface area contributed by atoms with Crippen molar-refractivity contribution in [2.24, 2.45) is 5.92 Å². The van der Waals surface area contributed by atoms with Crippen LogP contribution >= 0.6 is 11.6 Å². The highest BCUT2D eigenvalue weighted by Crippen LogP contribution is 2.28. The predicted molar refractivity (Wildman–Crippen MR) is 77.3 cm³/mol. The Morgan fingerprint density at radius 2 is 2.00 bits per heavy atom. The highest BCUT2D eigenvalue weighted by Gasteiger charge is 2.15. The van der Waals surface area contributed by atoms with Gasteiger partial charge in [0.05, 0.1) is 0 Å². The molecule has 0 radical (unpaired) electrons. The van der Waals surface area contributed by atoms with E-state index in [0.717, 1.165) is 30.5 Å². The van der Waals surface area contributed by atoms with Crippen molar-refractivity contribution >= 4 is 22.5 Å². The van der Waals surface area contributed by atoms with Gasteiger partial charge in [-0.3, -0.25) is 0 Å². The number of rotatable bonds is 2. The molecule has 18 heavy (non-hydrogen) atoms. The van der Waals surface area contributed by atoms with Gasteiger partial charge in [-0.1, -0.05) is 11.6 Å². The van der Waals surface area contributed by atoms with Crippen LogP contribution in [0.2, 0.25) is 5.02 Å². The van der Waals surface area contributed by atoms with E-state index in [2.05, 4.69) is 35.4 Å². The number of hydrogen-bond acceptors (Lipinski definition) is 1. The number of aromatic amines is 1. The van der Waals surface area contributed by atoms with Crippen molar-refractivity contribution in [3.8, 4) is 0 Å². The van der Waals surface area contributed by atoms with E-state index in [1.54, 1.807) is 0 Å². The Morgan fingerprint density at radius 3 is 2.78 bits per heavy atom. The topological polar surface area (TPSA) is 27.8 Å². The molecule has 0 aliphatic carbocycles. The summed E-state index contributed by atoms with van der Waals surface area (Å²) in [5.41, 5.74) is 3.69. The van der Waals surface area contributed by atoms with Crippen LogP contribution in [0.4, 0.5) is 0 Å². The number of aromatic nitrogens is 1. The largest absolute Gasteiger partial charge is 0.359 e. The van der Waals surface area contributed by atoms with Gasteiger partial charge in [-0.15, -0.1) is 0 Å². The highest BCUT2D eigenvalue weighted by atomic mass is 35.5. The summed E-state index contributed by atoms with van der Waals surface area (Å²) in [6.07, 6.45) is 3.63. The molecule has 0 amide bonds. The molecule has 2 nitrogen and oxygen atoms in total. The lowest BCUT2D eigenvalue weighted by Gasteiger charge is -2.23. The second-order valence-electron chi connectivity index (χ2n) is 5.38. The Bertz CT molecular complexity index is 553. The van der Waals surface area contributed by atoms with Crippen molar-refractivity contribution in [3.05, 3.63) is 34.5 Å². The molecule has 3 heteroatoms. The monoisotopic (exact) mass is 262 g/mol. The van der Waals surface area contributed by atoms with Crippen LogP contribution in [0.5, 0.6) is 0 Å². The Morgan fingerprint density at radius 1 is 1.22 bits per heavy atom. The first-order valence-corrected chi connectivity index (χ1v) is 7.08. The molecule has 1 aliphatic heterocycles. The molecule has 0 bridgehead atoms. The van der Waals surface area contributed by atoms with E-state index in [1.165, 1.54) is 35.0 Å². The number of hydrogen-bond donors (Lipinski definition) is 2. The van der Waals surface area contributed by atoms with Crippen molar-refractivity contribution in [2.45, 2.75) is 26.2 Å². The molecule has 1 fully saturated rings. The van der Waals surface area contributed by atoms with Crippen LogP contribution in [-0.2, 0) is 6.42 Å². The minimum Gasteiger partial charge on any atom is -0.359 e. The molecular formula is C15H19ClN2. The molecule has 0 saturated carbocycles. The van der Waals surface area contributed by atoms with Crippen LogP contribution in [0.1, 0.15) is 24.1 Å². The lowest BCUT2D eigenvalue weighted by atomic mass is 9.91. The third kappa shape index (κ3) is 2.40. The average Bonchev–Trinajstić information content (AvgIpc) is 2.70. The summed E-state index contributed by atoms with van der Waals surface area (Å²) in [6, 6.07) is 6.47. The van der Waals surface area contributed by atoms with E-state index in [1.807, 2.05) is 0 Å². The summed E-state index contributed by atoms with van der Waals surface area (Å²) < 4.78 is 0. The maximum Gasteiger partial charge on any atom is 0.0459 e. The van der Waals surface area contributed by atoms with Gasteiger partial charge in [-0.25, -0.2) is 0 Å². The van der Waals surface area contributed by atoms with Crippen molar-refractivity contribution < 1.29 is 0 Å². The van der Waals surface area contributed by atoms with E-state index in [0.29, 0.717) is 0 Å². The molecule has 0 spiro atoms. The smallest absolute Gasteiger partial charge is 0.0459 e. The first-order chi connectivity index (χ1) is 8.72. The molecular weight excluding hydrogens is 244 g/mol. The van der Waals surface area contributed by atoms with Gasteiger partial charge in [0.15, 0.2) is 0 Å². The Balaban J connectivity index is 1.88. The number of piperidine rings is 1. The molecule has 3 rings (SSSR count). The van der Waals surface area contributed by atoms with Crippen molar-refractivity contribution in [3.63, 3.8) is 0 Å². The van der Waals surface area contributed by atoms with Gasteiger partial charge in [-0.2, -0.15) is 0 Å². The van der Waals surface area contributed by atoms with E-state index < -0.39 is 0 Å². The zero-order valence-corrected chi connectivity index (χ0v) is 11.5. The number of benzene rings is 1. The van der Waals surface area contributed by atoms with Gasteiger partial charge in [0.25, 0.3) is 0 Å². The zero-order chi connectivity index (χ0) is 12.5. The van der Waals surface area contributed by atoms with Crippen molar-refractivity contribution in [2.75, 3.05) is 13.1 Å². The first kappa shape index (κ1) is 12.1. The minimum absolute atomic E-state index is 0.775. The van der Waals surface area contributed by atoms with E-state index in [4.69, 9.17) is 11.6 Å². The normalized spacial score (nSPS) is 17.4. The summed E-state index contributed by atoms with van der Waals surface area (Å²) >= 11 is 6.40. The van der Waals surface area contributed by atoms with Crippen molar-refractivity contribution in [1.29, 1.82) is 0 Å². The standard InChI is InChI=1S/C15H19ClN2/c1-10-6-13-8-14(16)12(9-15(13)18-10)7-11-2-4-17-5-3-11/h6,8-9,11,17-18H,2-5,7H2,1H3. The molecule has 2 N–H and O–H groups in total. The highest BCUT2D eigenvalue weighted by molar-refractivity contribution is 6.32. The maximum atomic E-state index is 6.40. The molecule has 2 heterocycles. The summed E-state index contributed by atoms with van der Waals surface area (Å²) in [5, 5.41) is 5.54. The SMILES string of the molecule is Cc1cc2cc(Cl)c(CC3CCNCC3)cc2[nH]1. The van der Waals surface area contributed by atoms with Gasteiger partial charge in [0.2, 0.25) is 0 Å².